The van der Waals surface area contributed by atoms with E-state index < -0.39 is 0 Å². The molecule has 4 heteroatoms. The first kappa shape index (κ1) is 17.2. The minimum absolute atomic E-state index is 0.236. The van der Waals surface area contributed by atoms with Crippen LogP contribution < -0.4 is 15.4 Å². The van der Waals surface area contributed by atoms with Gasteiger partial charge in [0.2, 0.25) is 0 Å². The standard InChI is InChI=1S/C21H32N2O2/c1-2-3-12-24-16-6-7-19-18(14-16)21-17(5-4-13-25-21)20(23-19)15-8-10-22-11-9-15/h6-7,14-15,17,20-23H,2-5,8-13H2,1H3/t17-,20+,21-/m0/s1. The number of nitrogens with one attached hydrogen (secondary N) is 2. The number of benzene rings is 1. The molecule has 0 bridgehead atoms. The lowest BCUT2D eigenvalue weighted by Gasteiger charge is -2.47. The van der Waals surface area contributed by atoms with Gasteiger partial charge in [-0.2, -0.15) is 0 Å². The average molecular weight is 344 g/mol. The van der Waals surface area contributed by atoms with Crippen molar-refractivity contribution in [2.24, 2.45) is 11.8 Å². The van der Waals surface area contributed by atoms with Crippen LogP contribution >= 0.6 is 0 Å². The van der Waals surface area contributed by atoms with E-state index in [2.05, 4.69) is 35.8 Å². The predicted octanol–water partition coefficient (Wildman–Crippen LogP) is 4.13. The van der Waals surface area contributed by atoms with Crippen molar-refractivity contribution in [3.63, 3.8) is 0 Å². The molecule has 1 aromatic carbocycles. The Morgan fingerprint density at radius 2 is 2.08 bits per heavy atom. The van der Waals surface area contributed by atoms with Crippen LogP contribution in [0.2, 0.25) is 0 Å². The van der Waals surface area contributed by atoms with Crippen LogP contribution in [0.4, 0.5) is 5.69 Å². The molecule has 1 aromatic rings. The van der Waals surface area contributed by atoms with Crippen LogP contribution in [0, 0.1) is 11.8 Å². The normalized spacial score (nSPS) is 29.4. The van der Waals surface area contributed by atoms with Crippen LogP contribution in [0.25, 0.3) is 0 Å². The molecule has 3 aliphatic rings. The molecule has 0 unspecified atom stereocenters. The van der Waals surface area contributed by atoms with Crippen LogP contribution in [-0.4, -0.2) is 32.3 Å². The number of piperidine rings is 1. The number of hydrogen-bond acceptors (Lipinski definition) is 4. The molecule has 0 radical (unpaired) electrons. The molecular formula is C21H32N2O2. The monoisotopic (exact) mass is 344 g/mol. The molecule has 4 rings (SSSR count). The third-order valence-electron chi connectivity index (χ3n) is 6.14. The molecule has 2 fully saturated rings. The number of anilines is 1. The van der Waals surface area contributed by atoms with E-state index >= 15 is 0 Å². The molecule has 4 nitrogen and oxygen atoms in total. The number of ether oxygens (including phenoxy) is 2. The smallest absolute Gasteiger partial charge is 0.119 e. The van der Waals surface area contributed by atoms with Crippen LogP contribution in [0.3, 0.4) is 0 Å². The highest BCUT2D eigenvalue weighted by atomic mass is 16.5. The first-order chi connectivity index (χ1) is 12.4. The molecule has 3 atom stereocenters. The zero-order valence-corrected chi connectivity index (χ0v) is 15.4. The van der Waals surface area contributed by atoms with Gasteiger partial charge in [0, 0.05) is 29.8 Å². The van der Waals surface area contributed by atoms with Crippen molar-refractivity contribution in [1.82, 2.24) is 5.32 Å². The summed E-state index contributed by atoms with van der Waals surface area (Å²) >= 11 is 0. The summed E-state index contributed by atoms with van der Waals surface area (Å²) in [7, 11) is 0. The van der Waals surface area contributed by atoms with Crippen molar-refractivity contribution in [3.8, 4) is 5.75 Å². The zero-order valence-electron chi connectivity index (χ0n) is 15.4. The van der Waals surface area contributed by atoms with E-state index in [1.807, 2.05) is 0 Å². The molecule has 25 heavy (non-hydrogen) atoms. The average Bonchev–Trinajstić information content (AvgIpc) is 2.68. The topological polar surface area (TPSA) is 42.5 Å². The van der Waals surface area contributed by atoms with Crippen LogP contribution in [0.15, 0.2) is 18.2 Å². The summed E-state index contributed by atoms with van der Waals surface area (Å²) in [6, 6.07) is 7.09. The molecule has 2 saturated heterocycles. The largest absolute Gasteiger partial charge is 0.494 e. The van der Waals surface area contributed by atoms with Gasteiger partial charge in [0.1, 0.15) is 5.75 Å². The highest BCUT2D eigenvalue weighted by Gasteiger charge is 2.42. The molecule has 0 aliphatic carbocycles. The Morgan fingerprint density at radius 3 is 2.92 bits per heavy atom. The van der Waals surface area contributed by atoms with E-state index in [0.29, 0.717) is 12.0 Å². The van der Waals surface area contributed by atoms with Crippen molar-refractivity contribution in [2.75, 3.05) is 31.6 Å². The van der Waals surface area contributed by atoms with Gasteiger partial charge >= 0.3 is 0 Å². The molecule has 0 spiro atoms. The maximum atomic E-state index is 6.30. The summed E-state index contributed by atoms with van der Waals surface area (Å²) in [4.78, 5) is 0. The number of hydrogen-bond donors (Lipinski definition) is 2. The molecule has 0 amide bonds. The molecule has 0 saturated carbocycles. The van der Waals surface area contributed by atoms with Crippen molar-refractivity contribution < 1.29 is 9.47 Å². The first-order valence-electron chi connectivity index (χ1n) is 10.2. The molecule has 138 valence electrons. The van der Waals surface area contributed by atoms with Gasteiger partial charge in [-0.3, -0.25) is 0 Å². The van der Waals surface area contributed by atoms with Crippen LogP contribution in [0.1, 0.15) is 57.1 Å². The summed E-state index contributed by atoms with van der Waals surface area (Å²) < 4.78 is 12.2. The third-order valence-corrected chi connectivity index (χ3v) is 6.14. The Balaban J connectivity index is 1.57. The van der Waals surface area contributed by atoms with Gasteiger partial charge in [0.05, 0.1) is 12.7 Å². The Morgan fingerprint density at radius 1 is 1.20 bits per heavy atom. The van der Waals surface area contributed by atoms with E-state index in [9.17, 15) is 0 Å². The SMILES string of the molecule is CCCCOc1ccc2c(c1)[C@H]1OCCC[C@H]1[C@@H](C1CCNCC1)N2. The summed E-state index contributed by atoms with van der Waals surface area (Å²) in [5.41, 5.74) is 2.57. The van der Waals surface area contributed by atoms with Gasteiger partial charge in [-0.05, 0) is 69.3 Å². The highest BCUT2D eigenvalue weighted by Crippen LogP contribution is 2.47. The Kier molecular flexibility index (Phi) is 5.47. The molecule has 3 aliphatic heterocycles. The van der Waals surface area contributed by atoms with Gasteiger partial charge in [-0.15, -0.1) is 0 Å². The highest BCUT2D eigenvalue weighted by molar-refractivity contribution is 5.58. The maximum absolute atomic E-state index is 6.30. The van der Waals surface area contributed by atoms with Crippen molar-refractivity contribution >= 4 is 5.69 Å². The summed E-state index contributed by atoms with van der Waals surface area (Å²) in [5, 5.41) is 7.40. The van der Waals surface area contributed by atoms with Gasteiger partial charge in [0.25, 0.3) is 0 Å². The Hall–Kier alpha value is -1.26. The molecule has 2 N–H and O–H groups in total. The Labute approximate surface area is 151 Å². The van der Waals surface area contributed by atoms with Crippen LogP contribution in [0.5, 0.6) is 5.75 Å². The van der Waals surface area contributed by atoms with Gasteiger partial charge in [0.15, 0.2) is 0 Å². The van der Waals surface area contributed by atoms with E-state index in [4.69, 9.17) is 9.47 Å². The lowest BCUT2D eigenvalue weighted by atomic mass is 9.73. The summed E-state index contributed by atoms with van der Waals surface area (Å²) in [6.45, 7) is 6.19. The second-order valence-electron chi connectivity index (χ2n) is 7.81. The quantitative estimate of drug-likeness (QED) is 0.788. The van der Waals surface area contributed by atoms with E-state index in [1.54, 1.807) is 0 Å². The fourth-order valence-corrected chi connectivity index (χ4v) is 4.78. The van der Waals surface area contributed by atoms with Crippen molar-refractivity contribution in [2.45, 2.75) is 57.6 Å². The van der Waals surface area contributed by atoms with Crippen LogP contribution in [-0.2, 0) is 4.74 Å². The Bertz CT molecular complexity index is 571. The zero-order chi connectivity index (χ0) is 17.1. The van der Waals surface area contributed by atoms with Crippen molar-refractivity contribution in [1.29, 1.82) is 0 Å². The lowest BCUT2D eigenvalue weighted by Crippen LogP contribution is -2.48. The molecule has 3 heterocycles. The lowest BCUT2D eigenvalue weighted by molar-refractivity contribution is -0.0455. The molecule has 0 aromatic heterocycles. The molecular weight excluding hydrogens is 312 g/mol. The fourth-order valence-electron chi connectivity index (χ4n) is 4.78. The number of unbranched alkanes of at least 4 members (excludes halogenated alkanes) is 1. The van der Waals surface area contributed by atoms with Gasteiger partial charge in [-0.1, -0.05) is 13.3 Å². The number of rotatable bonds is 5. The van der Waals surface area contributed by atoms with E-state index in [0.717, 1.165) is 50.8 Å². The fraction of sp³-hybridized carbons (Fsp3) is 0.714. The van der Waals surface area contributed by atoms with E-state index in [1.165, 1.54) is 36.9 Å². The predicted molar refractivity (Wildman–Crippen MR) is 101 cm³/mol. The van der Waals surface area contributed by atoms with Gasteiger partial charge < -0.3 is 20.1 Å². The first-order valence-corrected chi connectivity index (χ1v) is 10.2. The van der Waals surface area contributed by atoms with Gasteiger partial charge in [-0.25, -0.2) is 0 Å². The third kappa shape index (κ3) is 3.65. The summed E-state index contributed by atoms with van der Waals surface area (Å²) in [5.74, 6) is 2.33. The second kappa shape index (κ2) is 7.96. The minimum Gasteiger partial charge on any atom is -0.494 e. The minimum atomic E-state index is 0.236. The second-order valence-corrected chi connectivity index (χ2v) is 7.81. The summed E-state index contributed by atoms with van der Waals surface area (Å²) in [6.07, 6.45) is 7.51. The maximum Gasteiger partial charge on any atom is 0.119 e. The van der Waals surface area contributed by atoms with Crippen molar-refractivity contribution in [3.05, 3.63) is 23.8 Å². The van der Waals surface area contributed by atoms with E-state index in [-0.39, 0.29) is 6.10 Å². The number of fused-ring (bicyclic) bond motifs is 3.